The third-order valence-corrected chi connectivity index (χ3v) is 8.50. The second kappa shape index (κ2) is 10.6. The Kier molecular flexibility index (Phi) is 7.55. The van der Waals surface area contributed by atoms with E-state index in [0.29, 0.717) is 18.7 Å². The Morgan fingerprint density at radius 1 is 0.879 bits per heavy atom. The van der Waals surface area contributed by atoms with Gasteiger partial charge in [-0.15, -0.1) is 0 Å². The number of sulfonamides is 1. The van der Waals surface area contributed by atoms with Crippen LogP contribution in [0.1, 0.15) is 48.9 Å². The van der Waals surface area contributed by atoms with Crippen molar-refractivity contribution in [1.29, 1.82) is 0 Å². The molecular weight excluding hydrogens is 438 g/mol. The summed E-state index contributed by atoms with van der Waals surface area (Å²) in [5, 5.41) is 3.11. The van der Waals surface area contributed by atoms with Crippen LogP contribution >= 0.6 is 0 Å². The maximum Gasteiger partial charge on any atom is 0.251 e. The predicted octanol–water partition coefficient (Wildman–Crippen LogP) is 3.66. The molecule has 2 saturated heterocycles. The van der Waals surface area contributed by atoms with Gasteiger partial charge < -0.3 is 15.0 Å². The number of nitrogens with zero attached hydrogens (tertiary/aromatic N) is 2. The number of methoxy groups -OCH3 is 1. The van der Waals surface area contributed by atoms with Crippen molar-refractivity contribution in [2.24, 2.45) is 0 Å². The van der Waals surface area contributed by atoms with E-state index in [1.165, 1.54) is 0 Å². The number of carbonyl (C=O) groups is 1. The van der Waals surface area contributed by atoms with Crippen LogP contribution in [0.25, 0.3) is 0 Å². The van der Waals surface area contributed by atoms with Crippen LogP contribution in [-0.4, -0.2) is 58.0 Å². The second-order valence-electron chi connectivity index (χ2n) is 8.78. The lowest BCUT2D eigenvalue weighted by Crippen LogP contribution is -2.44. The first-order valence-electron chi connectivity index (χ1n) is 11.8. The van der Waals surface area contributed by atoms with Gasteiger partial charge in [-0.2, -0.15) is 4.31 Å². The van der Waals surface area contributed by atoms with Crippen molar-refractivity contribution in [2.45, 2.75) is 49.5 Å². The van der Waals surface area contributed by atoms with Crippen molar-refractivity contribution in [1.82, 2.24) is 9.62 Å². The molecule has 2 aromatic carbocycles. The second-order valence-corrected chi connectivity index (χ2v) is 10.7. The summed E-state index contributed by atoms with van der Waals surface area (Å²) in [6, 6.07) is 14.5. The fourth-order valence-corrected chi connectivity index (χ4v) is 6.07. The molecule has 0 aliphatic carbocycles. The van der Waals surface area contributed by atoms with Gasteiger partial charge in [0, 0.05) is 43.5 Å². The molecule has 0 radical (unpaired) electrons. The lowest BCUT2D eigenvalue weighted by molar-refractivity contribution is 0.0931. The molecule has 0 unspecified atom stereocenters. The van der Waals surface area contributed by atoms with Crippen LogP contribution < -0.4 is 15.0 Å². The summed E-state index contributed by atoms with van der Waals surface area (Å²) in [4.78, 5) is 15.3. The number of ether oxygens (including phenoxy) is 1. The van der Waals surface area contributed by atoms with Crippen molar-refractivity contribution in [3.05, 3.63) is 54.1 Å². The van der Waals surface area contributed by atoms with E-state index in [2.05, 4.69) is 22.3 Å². The van der Waals surface area contributed by atoms with Crippen molar-refractivity contribution >= 4 is 21.6 Å². The highest BCUT2D eigenvalue weighted by atomic mass is 32.2. The van der Waals surface area contributed by atoms with Gasteiger partial charge in [-0.25, -0.2) is 8.42 Å². The summed E-state index contributed by atoms with van der Waals surface area (Å²) in [5.41, 5.74) is 1.64. The molecule has 2 aliphatic rings. The Balaban J connectivity index is 1.31. The number of piperidine rings is 1. The van der Waals surface area contributed by atoms with Gasteiger partial charge in [-0.05, 0) is 74.2 Å². The summed E-state index contributed by atoms with van der Waals surface area (Å²) in [6.45, 7) is 2.87. The van der Waals surface area contributed by atoms with E-state index in [1.807, 2.05) is 12.1 Å². The van der Waals surface area contributed by atoms with Gasteiger partial charge in [0.15, 0.2) is 0 Å². The van der Waals surface area contributed by atoms with Crippen LogP contribution in [0.4, 0.5) is 5.69 Å². The number of hydrogen-bond donors (Lipinski definition) is 1. The van der Waals surface area contributed by atoms with Crippen LogP contribution in [-0.2, 0) is 10.0 Å². The lowest BCUT2D eigenvalue weighted by atomic mass is 10.0. The minimum Gasteiger partial charge on any atom is -0.497 e. The molecule has 7 nitrogen and oxygen atoms in total. The van der Waals surface area contributed by atoms with E-state index in [9.17, 15) is 13.2 Å². The number of carbonyl (C=O) groups excluding carboxylic acids is 1. The summed E-state index contributed by atoms with van der Waals surface area (Å²) in [5.74, 6) is 0.683. The molecule has 1 N–H and O–H groups in total. The van der Waals surface area contributed by atoms with Crippen LogP contribution in [0.15, 0.2) is 53.4 Å². The van der Waals surface area contributed by atoms with Gasteiger partial charge >= 0.3 is 0 Å². The number of rotatable bonds is 6. The highest BCUT2D eigenvalue weighted by molar-refractivity contribution is 7.89. The summed E-state index contributed by atoms with van der Waals surface area (Å²) < 4.78 is 32.7. The van der Waals surface area contributed by atoms with Gasteiger partial charge in [0.2, 0.25) is 10.0 Å². The molecule has 178 valence electrons. The van der Waals surface area contributed by atoms with E-state index in [4.69, 9.17) is 4.74 Å². The van der Waals surface area contributed by atoms with Crippen molar-refractivity contribution in [3.63, 3.8) is 0 Å². The van der Waals surface area contributed by atoms with E-state index < -0.39 is 10.0 Å². The van der Waals surface area contributed by atoms with E-state index in [1.54, 1.807) is 35.7 Å². The molecule has 2 heterocycles. The molecule has 33 heavy (non-hydrogen) atoms. The van der Waals surface area contributed by atoms with E-state index in [-0.39, 0.29) is 16.8 Å². The quantitative estimate of drug-likeness (QED) is 0.696. The fraction of sp³-hybridized carbons (Fsp3) is 0.480. The van der Waals surface area contributed by atoms with Crippen LogP contribution in [0.3, 0.4) is 0 Å². The van der Waals surface area contributed by atoms with E-state index >= 15 is 0 Å². The number of nitrogens with one attached hydrogen (secondary N) is 1. The van der Waals surface area contributed by atoms with Crippen molar-refractivity contribution in [3.8, 4) is 5.75 Å². The SMILES string of the molecule is COc1ccc(N2CCC(NC(=O)c3ccc(S(=O)(=O)N4CCCCCC4)cc3)CC2)cc1. The third-order valence-electron chi connectivity index (χ3n) is 6.59. The number of amides is 1. The Hall–Kier alpha value is -2.58. The van der Waals surface area contributed by atoms with Gasteiger partial charge in [0.25, 0.3) is 5.91 Å². The normalized spacial score (nSPS) is 18.5. The third kappa shape index (κ3) is 5.68. The Bertz CT molecular complexity index is 1020. The Morgan fingerprint density at radius 3 is 2.06 bits per heavy atom. The number of benzene rings is 2. The average Bonchev–Trinajstić information content (AvgIpc) is 3.15. The molecule has 0 atom stereocenters. The summed E-state index contributed by atoms with van der Waals surface area (Å²) in [6.07, 6.45) is 5.67. The zero-order valence-corrected chi connectivity index (χ0v) is 20.0. The molecule has 2 aliphatic heterocycles. The molecule has 0 aromatic heterocycles. The molecule has 0 saturated carbocycles. The van der Waals surface area contributed by atoms with Gasteiger partial charge in [-0.1, -0.05) is 12.8 Å². The van der Waals surface area contributed by atoms with Crippen LogP contribution in [0.5, 0.6) is 5.75 Å². The molecule has 0 bridgehead atoms. The standard InChI is InChI=1S/C25H33N3O4S/c1-32-23-10-8-22(9-11-23)27-18-14-21(15-19-27)26-25(29)20-6-12-24(13-7-20)33(30,31)28-16-4-2-3-5-17-28/h6-13,21H,2-5,14-19H2,1H3,(H,26,29). The monoisotopic (exact) mass is 471 g/mol. The highest BCUT2D eigenvalue weighted by Gasteiger charge is 2.26. The maximum atomic E-state index is 12.9. The summed E-state index contributed by atoms with van der Waals surface area (Å²) >= 11 is 0. The zero-order valence-electron chi connectivity index (χ0n) is 19.2. The molecule has 8 heteroatoms. The molecule has 0 spiro atoms. The average molecular weight is 472 g/mol. The molecule has 1 amide bonds. The van der Waals surface area contributed by atoms with Gasteiger partial charge in [0.05, 0.1) is 12.0 Å². The molecule has 2 aromatic rings. The zero-order chi connectivity index (χ0) is 23.3. The Labute approximate surface area is 196 Å². The first kappa shape index (κ1) is 23.6. The topological polar surface area (TPSA) is 79.0 Å². The van der Waals surface area contributed by atoms with Gasteiger partial charge in [-0.3, -0.25) is 4.79 Å². The highest BCUT2D eigenvalue weighted by Crippen LogP contribution is 2.24. The summed E-state index contributed by atoms with van der Waals surface area (Å²) in [7, 11) is -1.85. The predicted molar refractivity (Wildman–Crippen MR) is 129 cm³/mol. The van der Waals surface area contributed by atoms with E-state index in [0.717, 1.165) is 63.1 Å². The fourth-order valence-electron chi connectivity index (χ4n) is 4.55. The van der Waals surface area contributed by atoms with Crippen molar-refractivity contribution in [2.75, 3.05) is 38.2 Å². The first-order chi connectivity index (χ1) is 16.0. The van der Waals surface area contributed by atoms with Gasteiger partial charge in [0.1, 0.15) is 5.75 Å². The lowest BCUT2D eigenvalue weighted by Gasteiger charge is -2.34. The Morgan fingerprint density at radius 2 is 1.48 bits per heavy atom. The van der Waals surface area contributed by atoms with Crippen molar-refractivity contribution < 1.29 is 17.9 Å². The van der Waals surface area contributed by atoms with Crippen LogP contribution in [0.2, 0.25) is 0 Å². The minimum atomic E-state index is -3.50. The number of hydrogen-bond acceptors (Lipinski definition) is 5. The molecule has 2 fully saturated rings. The first-order valence-corrected chi connectivity index (χ1v) is 13.2. The smallest absolute Gasteiger partial charge is 0.251 e. The van der Waals surface area contributed by atoms with Crippen LogP contribution in [0, 0.1) is 0 Å². The number of anilines is 1. The molecule has 4 rings (SSSR count). The largest absolute Gasteiger partial charge is 0.497 e. The maximum absolute atomic E-state index is 12.9. The minimum absolute atomic E-state index is 0.104. The molecular formula is C25H33N3O4S.